The zero-order chi connectivity index (χ0) is 15.2. The number of alkyl halides is 1. The van der Waals surface area contributed by atoms with Gasteiger partial charge in [-0.15, -0.1) is 11.6 Å². The van der Waals surface area contributed by atoms with Crippen LogP contribution in [0.3, 0.4) is 0 Å². The largest absolute Gasteiger partial charge is 0.325 e. The van der Waals surface area contributed by atoms with E-state index in [9.17, 15) is 13.2 Å². The zero-order valence-electron chi connectivity index (χ0n) is 10.7. The second kappa shape index (κ2) is 7.83. The summed E-state index contributed by atoms with van der Waals surface area (Å²) in [5.41, 5.74) is 0.138. The molecular weight excluding hydrogens is 323 g/mol. The fraction of sp³-hybridized carbons (Fsp3) is 0.417. The van der Waals surface area contributed by atoms with Gasteiger partial charge in [0.05, 0.1) is 5.69 Å². The lowest BCUT2D eigenvalue weighted by atomic mass is 10.2. The smallest absolute Gasteiger partial charge is 0.240 e. The summed E-state index contributed by atoms with van der Waals surface area (Å²) in [5, 5.41) is 7.85. The summed E-state index contributed by atoms with van der Waals surface area (Å²) in [6.07, 6.45) is 2.68. The van der Waals surface area contributed by atoms with Gasteiger partial charge in [-0.25, -0.2) is 13.6 Å². The van der Waals surface area contributed by atoms with Crippen LogP contribution in [-0.4, -0.2) is 20.2 Å². The quantitative estimate of drug-likeness (QED) is 0.591. The number of unbranched alkanes of at least 4 members (excludes halogenated alkanes) is 2. The zero-order valence-corrected chi connectivity index (χ0v) is 13.1. The van der Waals surface area contributed by atoms with Crippen LogP contribution in [0, 0.1) is 0 Å². The van der Waals surface area contributed by atoms with Gasteiger partial charge in [0.1, 0.15) is 4.90 Å². The average Bonchev–Trinajstić information content (AvgIpc) is 2.35. The van der Waals surface area contributed by atoms with Crippen LogP contribution < -0.4 is 10.5 Å². The highest BCUT2D eigenvalue weighted by molar-refractivity contribution is 7.89. The van der Waals surface area contributed by atoms with E-state index in [1.807, 2.05) is 0 Å². The summed E-state index contributed by atoms with van der Waals surface area (Å²) in [7, 11) is -3.95. The van der Waals surface area contributed by atoms with Crippen LogP contribution in [0.25, 0.3) is 0 Å². The van der Waals surface area contributed by atoms with Crippen molar-refractivity contribution in [2.24, 2.45) is 5.14 Å². The molecule has 0 unspecified atom stereocenters. The van der Waals surface area contributed by atoms with Crippen LogP contribution in [0.15, 0.2) is 23.1 Å². The molecule has 3 N–H and O–H groups in total. The second-order valence-corrected chi connectivity index (χ2v) is 6.58. The normalized spacial score (nSPS) is 11.3. The highest BCUT2D eigenvalue weighted by Crippen LogP contribution is 2.24. The third-order valence-electron chi connectivity index (χ3n) is 2.56. The summed E-state index contributed by atoms with van der Waals surface area (Å²) in [6.45, 7) is 0. The van der Waals surface area contributed by atoms with E-state index in [2.05, 4.69) is 5.32 Å². The van der Waals surface area contributed by atoms with Gasteiger partial charge in [0.15, 0.2) is 0 Å². The predicted molar refractivity (Wildman–Crippen MR) is 80.6 cm³/mol. The average molecular weight is 339 g/mol. The molecule has 0 aromatic heterocycles. The maximum Gasteiger partial charge on any atom is 0.240 e. The van der Waals surface area contributed by atoms with E-state index in [1.165, 1.54) is 18.2 Å². The fourth-order valence-corrected chi connectivity index (χ4v) is 2.75. The molecule has 0 saturated carbocycles. The molecule has 0 heterocycles. The first-order valence-corrected chi connectivity index (χ1v) is 8.48. The first-order chi connectivity index (χ1) is 9.34. The molecule has 0 saturated heterocycles. The number of carbonyl (C=O) groups is 1. The highest BCUT2D eigenvalue weighted by Gasteiger charge is 2.16. The molecule has 0 aliphatic rings. The van der Waals surface area contributed by atoms with Gasteiger partial charge in [-0.05, 0) is 31.0 Å². The minimum atomic E-state index is -3.95. The number of amides is 1. The number of halogens is 2. The Hall–Kier alpha value is -0.820. The minimum Gasteiger partial charge on any atom is -0.325 e. The van der Waals surface area contributed by atoms with Gasteiger partial charge in [0, 0.05) is 17.3 Å². The summed E-state index contributed by atoms with van der Waals surface area (Å²) < 4.78 is 22.9. The third-order valence-corrected chi connectivity index (χ3v) is 4.01. The van der Waals surface area contributed by atoms with Crippen molar-refractivity contribution in [3.8, 4) is 0 Å². The molecule has 0 aliphatic heterocycles. The van der Waals surface area contributed by atoms with Gasteiger partial charge in [0.2, 0.25) is 15.9 Å². The Kier molecular flexibility index (Phi) is 6.75. The molecule has 0 fully saturated rings. The minimum absolute atomic E-state index is 0.138. The molecule has 1 aromatic carbocycles. The third kappa shape index (κ3) is 5.66. The highest BCUT2D eigenvalue weighted by atomic mass is 35.5. The lowest BCUT2D eigenvalue weighted by Gasteiger charge is -2.10. The molecule has 112 valence electrons. The summed E-state index contributed by atoms with van der Waals surface area (Å²) in [4.78, 5) is 11.5. The second-order valence-electron chi connectivity index (χ2n) is 4.23. The van der Waals surface area contributed by atoms with E-state index in [0.717, 1.165) is 12.8 Å². The first-order valence-electron chi connectivity index (χ1n) is 6.03. The van der Waals surface area contributed by atoms with Crippen molar-refractivity contribution >= 4 is 44.8 Å². The molecule has 1 rings (SSSR count). The van der Waals surface area contributed by atoms with Crippen LogP contribution in [0.2, 0.25) is 5.02 Å². The lowest BCUT2D eigenvalue weighted by Crippen LogP contribution is -2.18. The number of carbonyl (C=O) groups excluding carboxylic acids is 1. The monoisotopic (exact) mass is 338 g/mol. The van der Waals surface area contributed by atoms with Crippen molar-refractivity contribution in [2.75, 3.05) is 11.2 Å². The molecule has 0 atom stereocenters. The number of primary sulfonamides is 1. The molecule has 0 bridgehead atoms. The van der Waals surface area contributed by atoms with Gasteiger partial charge < -0.3 is 5.32 Å². The molecule has 8 heteroatoms. The molecule has 0 radical (unpaired) electrons. The van der Waals surface area contributed by atoms with Crippen LogP contribution in [-0.2, 0) is 14.8 Å². The van der Waals surface area contributed by atoms with Gasteiger partial charge in [0.25, 0.3) is 0 Å². The van der Waals surface area contributed by atoms with Crippen molar-refractivity contribution < 1.29 is 13.2 Å². The molecule has 0 aliphatic carbocycles. The summed E-state index contributed by atoms with van der Waals surface area (Å²) in [6, 6.07) is 4.11. The fourth-order valence-electron chi connectivity index (χ4n) is 1.60. The van der Waals surface area contributed by atoms with Crippen molar-refractivity contribution in [3.05, 3.63) is 23.2 Å². The van der Waals surface area contributed by atoms with E-state index < -0.39 is 10.0 Å². The van der Waals surface area contributed by atoms with Gasteiger partial charge in [-0.1, -0.05) is 18.0 Å². The number of benzene rings is 1. The molecule has 1 aromatic rings. The van der Waals surface area contributed by atoms with Crippen LogP contribution in [0.5, 0.6) is 0 Å². The number of sulfonamides is 1. The number of nitrogens with two attached hydrogens (primary N) is 1. The van der Waals surface area contributed by atoms with Gasteiger partial charge in [-0.3, -0.25) is 4.79 Å². The van der Waals surface area contributed by atoms with E-state index in [0.29, 0.717) is 18.7 Å². The standard InChI is InChI=1S/C12H16Cl2N2O3S/c13-7-3-1-2-4-12(17)16-10-6-5-9(14)8-11(10)20(15,18)19/h5-6,8H,1-4,7H2,(H,16,17)(H2,15,18,19). The van der Waals surface area contributed by atoms with Crippen LogP contribution in [0.1, 0.15) is 25.7 Å². The Balaban J connectivity index is 2.75. The lowest BCUT2D eigenvalue weighted by molar-refractivity contribution is -0.116. The number of hydrogen-bond acceptors (Lipinski definition) is 3. The Morgan fingerprint density at radius 3 is 2.55 bits per heavy atom. The predicted octanol–water partition coefficient (Wildman–Crippen LogP) is 2.73. The molecule has 1 amide bonds. The van der Waals surface area contributed by atoms with Crippen LogP contribution in [0.4, 0.5) is 5.69 Å². The number of hydrogen-bond donors (Lipinski definition) is 2. The Labute approximate surface area is 128 Å². The Morgan fingerprint density at radius 2 is 1.95 bits per heavy atom. The van der Waals surface area contributed by atoms with Crippen molar-refractivity contribution in [1.29, 1.82) is 0 Å². The van der Waals surface area contributed by atoms with Gasteiger partial charge >= 0.3 is 0 Å². The summed E-state index contributed by atoms with van der Waals surface area (Å²) in [5.74, 6) is 0.292. The van der Waals surface area contributed by atoms with Crippen molar-refractivity contribution in [3.63, 3.8) is 0 Å². The Morgan fingerprint density at radius 1 is 1.25 bits per heavy atom. The molecular formula is C12H16Cl2N2O3S. The van der Waals surface area contributed by atoms with E-state index in [1.54, 1.807) is 0 Å². The first kappa shape index (κ1) is 17.2. The van der Waals surface area contributed by atoms with Gasteiger partial charge in [-0.2, -0.15) is 0 Å². The number of anilines is 1. The maximum atomic E-state index is 11.7. The number of rotatable bonds is 7. The molecule has 20 heavy (non-hydrogen) atoms. The van der Waals surface area contributed by atoms with Crippen LogP contribution >= 0.6 is 23.2 Å². The van der Waals surface area contributed by atoms with E-state index in [4.69, 9.17) is 28.3 Å². The summed E-state index contributed by atoms with van der Waals surface area (Å²) >= 11 is 11.3. The molecule has 0 spiro atoms. The van der Waals surface area contributed by atoms with E-state index >= 15 is 0 Å². The topological polar surface area (TPSA) is 89.3 Å². The maximum absolute atomic E-state index is 11.7. The van der Waals surface area contributed by atoms with Crippen molar-refractivity contribution in [1.82, 2.24) is 0 Å². The molecule has 5 nitrogen and oxygen atoms in total. The SMILES string of the molecule is NS(=O)(=O)c1cc(Cl)ccc1NC(=O)CCCCCCl. The van der Waals surface area contributed by atoms with E-state index in [-0.39, 0.29) is 21.5 Å². The Bertz CT molecular complexity index is 576. The van der Waals surface area contributed by atoms with Crippen molar-refractivity contribution in [2.45, 2.75) is 30.6 Å². The number of nitrogens with one attached hydrogen (secondary N) is 1.